The summed E-state index contributed by atoms with van der Waals surface area (Å²) in [6.45, 7) is 2.18. The predicted octanol–water partition coefficient (Wildman–Crippen LogP) is 5.23. The SMILES string of the molecule is CCc1ccc(-c2nc(NC)c(Br)c(C3CCCC3)n2)s1. The number of nitrogens with one attached hydrogen (secondary N) is 1. The molecule has 0 amide bonds. The summed E-state index contributed by atoms with van der Waals surface area (Å²) in [5.74, 6) is 2.32. The van der Waals surface area contributed by atoms with E-state index in [9.17, 15) is 0 Å². The first-order valence-corrected chi connectivity index (χ1v) is 9.18. The van der Waals surface area contributed by atoms with Gasteiger partial charge in [0.25, 0.3) is 0 Å². The number of aromatic nitrogens is 2. The smallest absolute Gasteiger partial charge is 0.171 e. The number of anilines is 1. The number of hydrogen-bond acceptors (Lipinski definition) is 4. The van der Waals surface area contributed by atoms with Gasteiger partial charge in [-0.1, -0.05) is 19.8 Å². The van der Waals surface area contributed by atoms with Crippen LogP contribution in [0.25, 0.3) is 10.7 Å². The average molecular weight is 366 g/mol. The van der Waals surface area contributed by atoms with E-state index in [1.807, 2.05) is 7.05 Å². The Balaban J connectivity index is 2.05. The Kier molecular flexibility index (Phi) is 4.60. The van der Waals surface area contributed by atoms with E-state index in [-0.39, 0.29) is 0 Å². The van der Waals surface area contributed by atoms with Crippen molar-refractivity contribution in [2.45, 2.75) is 44.9 Å². The second kappa shape index (κ2) is 6.44. The summed E-state index contributed by atoms with van der Waals surface area (Å²) in [6.07, 6.45) is 6.16. The molecule has 3 nitrogen and oxygen atoms in total. The van der Waals surface area contributed by atoms with Gasteiger partial charge in [0.1, 0.15) is 5.82 Å². The lowest BCUT2D eigenvalue weighted by Gasteiger charge is -2.15. The summed E-state index contributed by atoms with van der Waals surface area (Å²) in [5, 5.41) is 3.20. The van der Waals surface area contributed by atoms with Gasteiger partial charge in [-0.15, -0.1) is 11.3 Å². The van der Waals surface area contributed by atoms with Crippen LogP contribution in [-0.2, 0) is 6.42 Å². The molecule has 21 heavy (non-hydrogen) atoms. The van der Waals surface area contributed by atoms with Crippen LogP contribution >= 0.6 is 27.3 Å². The first-order chi connectivity index (χ1) is 10.2. The van der Waals surface area contributed by atoms with Gasteiger partial charge in [0.05, 0.1) is 15.0 Å². The van der Waals surface area contributed by atoms with E-state index in [1.54, 1.807) is 11.3 Å². The van der Waals surface area contributed by atoms with Crippen LogP contribution in [0.4, 0.5) is 5.82 Å². The van der Waals surface area contributed by atoms with E-state index < -0.39 is 0 Å². The van der Waals surface area contributed by atoms with Crippen molar-refractivity contribution in [1.29, 1.82) is 0 Å². The maximum atomic E-state index is 4.89. The lowest BCUT2D eigenvalue weighted by molar-refractivity contribution is 0.691. The molecule has 2 aromatic rings. The highest BCUT2D eigenvalue weighted by Gasteiger charge is 2.24. The van der Waals surface area contributed by atoms with E-state index in [4.69, 9.17) is 4.98 Å². The minimum absolute atomic E-state index is 0.568. The molecule has 1 aliphatic carbocycles. The molecule has 112 valence electrons. The largest absolute Gasteiger partial charge is 0.372 e. The molecular formula is C16H20BrN3S. The van der Waals surface area contributed by atoms with E-state index >= 15 is 0 Å². The molecule has 0 radical (unpaired) electrons. The molecule has 1 aliphatic rings. The lowest BCUT2D eigenvalue weighted by Crippen LogP contribution is -2.05. The summed E-state index contributed by atoms with van der Waals surface area (Å²) in [4.78, 5) is 12.1. The molecule has 1 fully saturated rings. The fraction of sp³-hybridized carbons (Fsp3) is 0.500. The molecular weight excluding hydrogens is 346 g/mol. The van der Waals surface area contributed by atoms with Crippen LogP contribution in [0, 0.1) is 0 Å². The van der Waals surface area contributed by atoms with E-state index in [0.717, 1.165) is 27.4 Å². The van der Waals surface area contributed by atoms with Gasteiger partial charge in [0.15, 0.2) is 5.82 Å². The van der Waals surface area contributed by atoms with Crippen molar-refractivity contribution >= 4 is 33.1 Å². The van der Waals surface area contributed by atoms with Gasteiger partial charge in [-0.05, 0) is 47.3 Å². The van der Waals surface area contributed by atoms with Gasteiger partial charge < -0.3 is 5.32 Å². The van der Waals surface area contributed by atoms with Crippen LogP contribution < -0.4 is 5.32 Å². The predicted molar refractivity (Wildman–Crippen MR) is 93.2 cm³/mol. The Morgan fingerprint density at radius 2 is 2.05 bits per heavy atom. The van der Waals surface area contributed by atoms with Gasteiger partial charge in [-0.3, -0.25) is 0 Å². The molecule has 0 aromatic carbocycles. The number of thiophene rings is 1. The molecule has 0 bridgehead atoms. The zero-order valence-electron chi connectivity index (χ0n) is 12.4. The van der Waals surface area contributed by atoms with E-state index in [2.05, 4.69) is 45.3 Å². The monoisotopic (exact) mass is 365 g/mol. The molecule has 1 N–H and O–H groups in total. The van der Waals surface area contributed by atoms with Crippen molar-refractivity contribution in [2.75, 3.05) is 12.4 Å². The Labute approximate surface area is 138 Å². The molecule has 2 aromatic heterocycles. The summed E-state index contributed by atoms with van der Waals surface area (Å²) in [5.41, 5.74) is 1.17. The molecule has 0 unspecified atom stereocenters. The molecule has 1 saturated carbocycles. The standard InChI is InChI=1S/C16H20BrN3S/c1-3-11-8-9-12(21-11)15-19-14(10-6-4-5-7-10)13(17)16(18-2)20-15/h8-10H,3-7H2,1-2H3,(H,18,19,20). The third-order valence-electron chi connectivity index (χ3n) is 4.09. The lowest BCUT2D eigenvalue weighted by atomic mass is 10.0. The normalized spacial score (nSPS) is 15.6. The zero-order chi connectivity index (χ0) is 14.8. The summed E-state index contributed by atoms with van der Waals surface area (Å²) < 4.78 is 1.04. The van der Waals surface area contributed by atoms with Crippen LogP contribution in [0.3, 0.4) is 0 Å². The number of nitrogens with zero attached hydrogens (tertiary/aromatic N) is 2. The highest BCUT2D eigenvalue weighted by atomic mass is 79.9. The summed E-state index contributed by atoms with van der Waals surface area (Å²) in [6, 6.07) is 4.32. The minimum Gasteiger partial charge on any atom is -0.372 e. The van der Waals surface area contributed by atoms with Gasteiger partial charge in [-0.25, -0.2) is 9.97 Å². The Morgan fingerprint density at radius 3 is 2.67 bits per heavy atom. The van der Waals surface area contributed by atoms with E-state index in [0.29, 0.717) is 5.92 Å². The molecule has 0 saturated heterocycles. The quantitative estimate of drug-likeness (QED) is 0.805. The first-order valence-electron chi connectivity index (χ1n) is 7.57. The maximum absolute atomic E-state index is 4.89. The first kappa shape index (κ1) is 15.0. The number of hydrogen-bond donors (Lipinski definition) is 1. The topological polar surface area (TPSA) is 37.8 Å². The molecule has 0 aliphatic heterocycles. The Morgan fingerprint density at radius 1 is 1.29 bits per heavy atom. The average Bonchev–Trinajstić information content (AvgIpc) is 3.18. The third-order valence-corrected chi connectivity index (χ3v) is 6.09. The van der Waals surface area contributed by atoms with Crippen molar-refractivity contribution in [3.05, 3.63) is 27.2 Å². The number of halogens is 1. The van der Waals surface area contributed by atoms with Crippen LogP contribution in [0.2, 0.25) is 0 Å². The van der Waals surface area contributed by atoms with Crippen molar-refractivity contribution in [2.24, 2.45) is 0 Å². The van der Waals surface area contributed by atoms with E-state index in [1.165, 1.54) is 36.3 Å². The van der Waals surface area contributed by atoms with Gasteiger partial charge in [-0.2, -0.15) is 0 Å². The van der Waals surface area contributed by atoms with Crippen LogP contribution in [0.1, 0.15) is 49.1 Å². The highest BCUT2D eigenvalue weighted by molar-refractivity contribution is 9.10. The van der Waals surface area contributed by atoms with Gasteiger partial charge in [0, 0.05) is 17.8 Å². The molecule has 3 rings (SSSR count). The van der Waals surface area contributed by atoms with Crippen molar-refractivity contribution in [3.8, 4) is 10.7 Å². The number of rotatable bonds is 4. The second-order valence-electron chi connectivity index (χ2n) is 5.45. The van der Waals surface area contributed by atoms with Crippen molar-refractivity contribution in [3.63, 3.8) is 0 Å². The van der Waals surface area contributed by atoms with Gasteiger partial charge >= 0.3 is 0 Å². The van der Waals surface area contributed by atoms with Crippen molar-refractivity contribution < 1.29 is 0 Å². The molecule has 0 spiro atoms. The van der Waals surface area contributed by atoms with Crippen LogP contribution in [-0.4, -0.2) is 17.0 Å². The molecule has 0 atom stereocenters. The highest BCUT2D eigenvalue weighted by Crippen LogP contribution is 2.40. The maximum Gasteiger partial charge on any atom is 0.171 e. The Hall–Kier alpha value is -0.940. The summed E-state index contributed by atoms with van der Waals surface area (Å²) >= 11 is 5.49. The molecule has 2 heterocycles. The van der Waals surface area contributed by atoms with Crippen molar-refractivity contribution in [1.82, 2.24) is 9.97 Å². The third kappa shape index (κ3) is 2.99. The molecule has 5 heteroatoms. The second-order valence-corrected chi connectivity index (χ2v) is 7.41. The number of aryl methyl sites for hydroxylation is 1. The summed E-state index contributed by atoms with van der Waals surface area (Å²) in [7, 11) is 1.92. The Bertz CT molecular complexity index is 632. The van der Waals surface area contributed by atoms with Gasteiger partial charge in [0.2, 0.25) is 0 Å². The van der Waals surface area contributed by atoms with Crippen LogP contribution in [0.15, 0.2) is 16.6 Å². The fourth-order valence-corrected chi connectivity index (χ4v) is 4.48. The zero-order valence-corrected chi connectivity index (χ0v) is 14.9. The minimum atomic E-state index is 0.568. The van der Waals surface area contributed by atoms with Crippen LogP contribution in [0.5, 0.6) is 0 Å². The fourth-order valence-electron chi connectivity index (χ4n) is 2.90.